The van der Waals surface area contributed by atoms with Crippen molar-refractivity contribution >= 4 is 40.7 Å². The lowest BCUT2D eigenvalue weighted by molar-refractivity contribution is -0.139. The summed E-state index contributed by atoms with van der Waals surface area (Å²) in [7, 11) is 0. The molecule has 9 nitrogen and oxygen atoms in total. The minimum atomic E-state index is -1.89. The number of amides is 3. The molecule has 5 rings (SSSR count). The third-order valence-corrected chi connectivity index (χ3v) is 9.01. The number of aliphatic hydroxyl groups excluding tert-OH is 1. The average molecular weight is 645 g/mol. The van der Waals surface area contributed by atoms with Gasteiger partial charge in [0, 0.05) is 48.2 Å². The van der Waals surface area contributed by atoms with E-state index in [4.69, 9.17) is 11.6 Å². The summed E-state index contributed by atoms with van der Waals surface area (Å²) in [5.41, 5.74) is 1.54. The highest BCUT2D eigenvalue weighted by Gasteiger charge is 2.52. The Morgan fingerprint density at radius 3 is 2.59 bits per heavy atom. The predicted molar refractivity (Wildman–Crippen MR) is 179 cm³/mol. The normalized spacial score (nSPS) is 20.0. The van der Waals surface area contributed by atoms with E-state index < -0.39 is 17.4 Å². The monoisotopic (exact) mass is 644 g/mol. The zero-order valence-corrected chi connectivity index (χ0v) is 26.7. The molecule has 3 atom stereocenters. The average Bonchev–Trinajstić information content (AvgIpc) is 3.28. The quantitative estimate of drug-likeness (QED) is 0.214. The molecule has 2 aliphatic rings. The molecule has 3 aromatic carbocycles. The Kier molecular flexibility index (Phi) is 10.9. The van der Waals surface area contributed by atoms with E-state index in [1.807, 2.05) is 54.6 Å². The third-order valence-electron chi connectivity index (χ3n) is 8.78. The lowest BCUT2D eigenvalue weighted by Gasteiger charge is -2.28. The van der Waals surface area contributed by atoms with Gasteiger partial charge in [-0.25, -0.2) is 0 Å². The summed E-state index contributed by atoms with van der Waals surface area (Å²) < 4.78 is 0. The van der Waals surface area contributed by atoms with E-state index in [2.05, 4.69) is 10.6 Å². The molecule has 0 bridgehead atoms. The first-order chi connectivity index (χ1) is 22.2. The van der Waals surface area contributed by atoms with E-state index in [0.717, 1.165) is 30.5 Å². The fourth-order valence-corrected chi connectivity index (χ4v) is 6.30. The Morgan fingerprint density at radius 1 is 1.13 bits per heavy atom. The second-order valence-electron chi connectivity index (χ2n) is 12.0. The Bertz CT molecular complexity index is 1560. The van der Waals surface area contributed by atoms with Gasteiger partial charge in [-0.3, -0.25) is 14.4 Å². The summed E-state index contributed by atoms with van der Waals surface area (Å²) in [6.45, 7) is 3.97. The fraction of sp³-hybridized carbons (Fsp3) is 0.361. The van der Waals surface area contributed by atoms with Gasteiger partial charge in [0.2, 0.25) is 11.8 Å². The molecule has 46 heavy (non-hydrogen) atoms. The first-order valence-electron chi connectivity index (χ1n) is 15.7. The Balaban J connectivity index is 1.27. The van der Waals surface area contributed by atoms with Crippen molar-refractivity contribution in [1.29, 1.82) is 0 Å². The second kappa shape index (κ2) is 15.0. The Labute approximate surface area is 274 Å². The predicted octanol–water partition coefficient (Wildman–Crippen LogP) is 4.62. The fourth-order valence-electron chi connectivity index (χ4n) is 6.13. The highest BCUT2D eigenvalue weighted by Crippen LogP contribution is 2.46. The molecule has 10 heteroatoms. The second-order valence-corrected chi connectivity index (χ2v) is 12.4. The highest BCUT2D eigenvalue weighted by atomic mass is 35.5. The van der Waals surface area contributed by atoms with Gasteiger partial charge < -0.3 is 30.6 Å². The summed E-state index contributed by atoms with van der Waals surface area (Å²) in [5, 5.41) is 28.1. The number of benzene rings is 3. The van der Waals surface area contributed by atoms with Crippen molar-refractivity contribution in [2.24, 2.45) is 11.8 Å². The van der Waals surface area contributed by atoms with Gasteiger partial charge in [-0.05, 0) is 60.8 Å². The van der Waals surface area contributed by atoms with Crippen LogP contribution in [0.2, 0.25) is 5.02 Å². The summed E-state index contributed by atoms with van der Waals surface area (Å²) in [4.78, 5) is 42.8. The molecule has 2 heterocycles. The summed E-state index contributed by atoms with van der Waals surface area (Å²) in [6, 6.07) is 21.9. The molecule has 242 valence electrons. The van der Waals surface area contributed by atoms with Gasteiger partial charge in [-0.2, -0.15) is 0 Å². The van der Waals surface area contributed by atoms with Crippen molar-refractivity contribution in [1.82, 2.24) is 10.2 Å². The number of hydrogen-bond acceptors (Lipinski definition) is 6. The molecule has 0 aliphatic carbocycles. The van der Waals surface area contributed by atoms with Crippen LogP contribution in [0.3, 0.4) is 0 Å². The number of aliphatic hydroxyl groups is 2. The van der Waals surface area contributed by atoms with Crippen molar-refractivity contribution in [3.8, 4) is 0 Å². The number of hydrogen-bond donors (Lipinski definition) is 4. The Morgan fingerprint density at radius 2 is 1.89 bits per heavy atom. The van der Waals surface area contributed by atoms with E-state index in [1.165, 1.54) is 0 Å². The molecular formula is C36H41ClN4O5. The van der Waals surface area contributed by atoms with Gasteiger partial charge >= 0.3 is 0 Å². The minimum absolute atomic E-state index is 0.00779. The molecule has 1 unspecified atom stereocenters. The number of fused-ring (bicyclic) bond motifs is 1. The van der Waals surface area contributed by atoms with Gasteiger partial charge in [-0.1, -0.05) is 73.1 Å². The van der Waals surface area contributed by atoms with Crippen LogP contribution < -0.4 is 15.5 Å². The first kappa shape index (κ1) is 33.3. The van der Waals surface area contributed by atoms with Crippen LogP contribution in [-0.4, -0.2) is 59.1 Å². The largest absolute Gasteiger partial charge is 0.395 e. The number of nitrogens with one attached hydrogen (secondary N) is 2. The molecule has 2 aliphatic heterocycles. The van der Waals surface area contributed by atoms with Crippen LogP contribution >= 0.6 is 11.6 Å². The van der Waals surface area contributed by atoms with Crippen LogP contribution in [0.1, 0.15) is 42.9 Å². The summed E-state index contributed by atoms with van der Waals surface area (Å²) in [6.07, 6.45) is 5.23. The molecule has 4 N–H and O–H groups in total. The zero-order chi connectivity index (χ0) is 32.7. The van der Waals surface area contributed by atoms with E-state index in [0.29, 0.717) is 35.1 Å². The van der Waals surface area contributed by atoms with E-state index in [1.54, 1.807) is 47.1 Å². The summed E-state index contributed by atoms with van der Waals surface area (Å²) >= 11 is 6.33. The van der Waals surface area contributed by atoms with Crippen LogP contribution in [-0.2, 0) is 33.1 Å². The molecule has 0 aromatic heterocycles. The van der Waals surface area contributed by atoms with Crippen LogP contribution in [0, 0.1) is 11.8 Å². The molecule has 0 saturated carbocycles. The first-order valence-corrected chi connectivity index (χ1v) is 16.1. The van der Waals surface area contributed by atoms with E-state index >= 15 is 0 Å². The van der Waals surface area contributed by atoms with Crippen molar-refractivity contribution in [2.45, 2.75) is 44.9 Å². The molecule has 0 radical (unpaired) electrons. The molecule has 3 aromatic rings. The van der Waals surface area contributed by atoms with Gasteiger partial charge in [-0.15, -0.1) is 0 Å². The molecule has 3 amide bonds. The molecule has 1 fully saturated rings. The van der Waals surface area contributed by atoms with Gasteiger partial charge in [0.1, 0.15) is 0 Å². The van der Waals surface area contributed by atoms with Gasteiger partial charge in [0.15, 0.2) is 5.60 Å². The molecule has 1 saturated heterocycles. The van der Waals surface area contributed by atoms with E-state index in [-0.39, 0.29) is 43.8 Å². The minimum Gasteiger partial charge on any atom is -0.395 e. The zero-order valence-electron chi connectivity index (χ0n) is 26.0. The van der Waals surface area contributed by atoms with Crippen molar-refractivity contribution < 1.29 is 24.6 Å². The van der Waals surface area contributed by atoms with Gasteiger partial charge in [0.25, 0.3) is 5.91 Å². The topological polar surface area (TPSA) is 122 Å². The van der Waals surface area contributed by atoms with Crippen molar-refractivity contribution in [3.05, 3.63) is 107 Å². The maximum absolute atomic E-state index is 14.0. The summed E-state index contributed by atoms with van der Waals surface area (Å²) in [5.74, 6) is -1.40. The van der Waals surface area contributed by atoms with Crippen LogP contribution in [0.4, 0.5) is 11.4 Å². The smallest absolute Gasteiger partial charge is 0.264 e. The number of anilines is 2. The van der Waals surface area contributed by atoms with Crippen LogP contribution in [0.5, 0.6) is 0 Å². The standard InChI is InChI=1S/C36H41ClN4O5/c1-25(7-5-11-33(43)40(19-20-42)23-26-8-3-2-4-9-26)36(46)31-21-29(37)14-17-32(31)41(35(36)45)24-27-12-15-30(16-13-27)39-34(44)28-10-6-18-38-22-28/h2-5,7-9,12-17,21,25,28,38,42,46H,6,10-11,18-20,22-24H2,1H3,(H,39,44)/b7-5+/t25-,28?,36+/m0/s1. The van der Waals surface area contributed by atoms with Crippen molar-refractivity contribution in [2.75, 3.05) is 36.5 Å². The number of nitrogens with zero attached hydrogens (tertiary/aromatic N) is 2. The SMILES string of the molecule is C[C@@H](/C=C/CC(=O)N(CCO)Cc1ccccc1)[C@]1(O)C(=O)N(Cc2ccc(NC(=O)C3CCCNC3)cc2)c2ccc(Cl)cc21. The number of carbonyl (C=O) groups excluding carboxylic acids is 3. The van der Waals surface area contributed by atoms with Crippen LogP contribution in [0.15, 0.2) is 84.9 Å². The molecular weight excluding hydrogens is 604 g/mol. The number of halogens is 1. The third kappa shape index (κ3) is 7.50. The van der Waals surface area contributed by atoms with Gasteiger partial charge in [0.05, 0.1) is 24.8 Å². The van der Waals surface area contributed by atoms with Crippen molar-refractivity contribution in [3.63, 3.8) is 0 Å². The lowest BCUT2D eigenvalue weighted by Crippen LogP contribution is -2.44. The number of carbonyl (C=O) groups is 3. The molecule has 0 spiro atoms. The number of piperidine rings is 1. The maximum Gasteiger partial charge on any atom is 0.264 e. The number of rotatable bonds is 12. The Hall–Kier alpha value is -4.02. The maximum atomic E-state index is 14.0. The van der Waals surface area contributed by atoms with E-state index in [9.17, 15) is 24.6 Å². The van der Waals surface area contributed by atoms with Crippen LogP contribution in [0.25, 0.3) is 0 Å². The lowest BCUT2D eigenvalue weighted by atomic mass is 9.83. The highest BCUT2D eigenvalue weighted by molar-refractivity contribution is 6.31.